The van der Waals surface area contributed by atoms with Crippen molar-refractivity contribution in [2.75, 3.05) is 7.11 Å². The first-order valence-electron chi connectivity index (χ1n) is 8.78. The van der Waals surface area contributed by atoms with Crippen LogP contribution in [0.15, 0.2) is 34.4 Å². The first-order valence-corrected chi connectivity index (χ1v) is 8.78. The lowest BCUT2D eigenvalue weighted by atomic mass is 9.70. The Hall–Kier alpha value is -1.64. The first kappa shape index (κ1) is 22.4. The molecule has 0 saturated heterocycles. The lowest BCUT2D eigenvalue weighted by Crippen LogP contribution is -2.28. The molecule has 3 nitrogen and oxygen atoms in total. The molecule has 0 aromatic heterocycles. The summed E-state index contributed by atoms with van der Waals surface area (Å²) in [6.07, 6.45) is 1.44. The third-order valence-corrected chi connectivity index (χ3v) is 4.06. The number of hydrogen-bond acceptors (Lipinski definition) is 3. The summed E-state index contributed by atoms with van der Waals surface area (Å²) in [5.74, 6) is 0.367. The highest BCUT2D eigenvalue weighted by atomic mass is 16.5. The van der Waals surface area contributed by atoms with Crippen molar-refractivity contribution in [3.8, 4) is 0 Å². The monoisotopic (exact) mass is 333 g/mol. The van der Waals surface area contributed by atoms with E-state index < -0.39 is 0 Å². The largest absolute Gasteiger partial charge is 0.481 e. The Bertz CT molecular complexity index is 575. The zero-order valence-corrected chi connectivity index (χ0v) is 17.0. The SMILES string of the molecule is C=C(C)/C(C(=N)OC)=C(\C1=C(C)CC(C)(C)CC1=O)C(C)C.CC. The second-order valence-electron chi connectivity index (χ2n) is 7.35. The van der Waals surface area contributed by atoms with Gasteiger partial charge in [-0.2, -0.15) is 0 Å². The van der Waals surface area contributed by atoms with E-state index in [0.29, 0.717) is 12.0 Å². The molecule has 0 spiro atoms. The highest BCUT2D eigenvalue weighted by Gasteiger charge is 2.34. The fourth-order valence-electron chi connectivity index (χ4n) is 3.36. The zero-order chi connectivity index (χ0) is 19.2. The lowest BCUT2D eigenvalue weighted by Gasteiger charge is -2.33. The Morgan fingerprint density at radius 3 is 2.08 bits per heavy atom. The number of ketones is 1. The van der Waals surface area contributed by atoms with E-state index in [0.717, 1.165) is 28.7 Å². The highest BCUT2D eigenvalue weighted by molar-refractivity contribution is 6.06. The predicted octanol–water partition coefficient (Wildman–Crippen LogP) is 5.87. The Morgan fingerprint density at radius 2 is 1.75 bits per heavy atom. The van der Waals surface area contributed by atoms with E-state index in [4.69, 9.17) is 10.1 Å². The minimum Gasteiger partial charge on any atom is -0.481 e. The van der Waals surface area contributed by atoms with Crippen LogP contribution >= 0.6 is 0 Å². The number of carbonyl (C=O) groups is 1. The third-order valence-electron chi connectivity index (χ3n) is 4.06. The minimum absolute atomic E-state index is 0.00487. The van der Waals surface area contributed by atoms with Crippen LogP contribution in [0, 0.1) is 16.7 Å². The fourth-order valence-corrected chi connectivity index (χ4v) is 3.36. The molecular formula is C21H35NO2. The van der Waals surface area contributed by atoms with E-state index in [1.807, 2.05) is 27.7 Å². The van der Waals surface area contributed by atoms with E-state index >= 15 is 0 Å². The second-order valence-corrected chi connectivity index (χ2v) is 7.35. The van der Waals surface area contributed by atoms with Gasteiger partial charge in [-0.15, -0.1) is 0 Å². The number of carbonyl (C=O) groups excluding carboxylic acids is 1. The van der Waals surface area contributed by atoms with Gasteiger partial charge in [0.2, 0.25) is 5.90 Å². The highest BCUT2D eigenvalue weighted by Crippen LogP contribution is 2.41. The van der Waals surface area contributed by atoms with Gasteiger partial charge in [0.25, 0.3) is 0 Å². The van der Waals surface area contributed by atoms with Gasteiger partial charge >= 0.3 is 0 Å². The van der Waals surface area contributed by atoms with E-state index in [1.54, 1.807) is 0 Å². The molecule has 0 saturated carbocycles. The van der Waals surface area contributed by atoms with Crippen LogP contribution < -0.4 is 0 Å². The van der Waals surface area contributed by atoms with E-state index in [9.17, 15) is 4.79 Å². The van der Waals surface area contributed by atoms with Gasteiger partial charge in [0, 0.05) is 17.6 Å². The van der Waals surface area contributed by atoms with E-state index in [2.05, 4.69) is 34.3 Å². The Kier molecular flexibility index (Phi) is 8.39. The number of methoxy groups -OCH3 is 1. The van der Waals surface area contributed by atoms with Crippen molar-refractivity contribution in [2.45, 2.75) is 68.2 Å². The summed E-state index contributed by atoms with van der Waals surface area (Å²) in [4.78, 5) is 12.8. The van der Waals surface area contributed by atoms with Crippen molar-refractivity contribution in [1.82, 2.24) is 0 Å². The molecule has 0 atom stereocenters. The molecule has 0 aromatic rings. The summed E-state index contributed by atoms with van der Waals surface area (Å²) in [5, 5.41) is 8.10. The van der Waals surface area contributed by atoms with Crippen LogP contribution in [-0.4, -0.2) is 18.8 Å². The molecule has 0 heterocycles. The Morgan fingerprint density at radius 1 is 1.25 bits per heavy atom. The number of hydrogen-bond donors (Lipinski definition) is 1. The predicted molar refractivity (Wildman–Crippen MR) is 103 cm³/mol. The average molecular weight is 334 g/mol. The standard InChI is InChI=1S/C19H29NO2.C2H6/c1-11(2)15(16(12(3)4)18(20)22-8)17-13(5)9-19(6,7)10-14(17)21;1-2/h11,20H,3,9-10H2,1-2,4-8H3;1-2H3/b16-15+,20-18?;. The number of Topliss-reactive ketones (excluding diaryl/α,β-unsaturated/α-hetero) is 1. The quantitative estimate of drug-likeness (QED) is 0.397. The normalized spacial score (nSPS) is 17.8. The summed E-state index contributed by atoms with van der Waals surface area (Å²) in [7, 11) is 1.48. The first-order chi connectivity index (χ1) is 11.0. The van der Waals surface area contributed by atoms with Gasteiger partial charge in [-0.25, -0.2) is 0 Å². The van der Waals surface area contributed by atoms with Crippen molar-refractivity contribution in [2.24, 2.45) is 11.3 Å². The van der Waals surface area contributed by atoms with Crippen molar-refractivity contribution in [3.05, 3.63) is 34.4 Å². The van der Waals surface area contributed by atoms with Crippen LogP contribution in [0.3, 0.4) is 0 Å². The van der Waals surface area contributed by atoms with Gasteiger partial charge in [0.1, 0.15) is 0 Å². The number of ether oxygens (including phenoxy) is 1. The van der Waals surface area contributed by atoms with Crippen molar-refractivity contribution < 1.29 is 9.53 Å². The van der Waals surface area contributed by atoms with E-state index in [1.165, 1.54) is 7.11 Å². The molecule has 0 radical (unpaired) electrons. The molecule has 0 unspecified atom stereocenters. The molecule has 1 N–H and O–H groups in total. The molecule has 24 heavy (non-hydrogen) atoms. The van der Waals surface area contributed by atoms with Crippen molar-refractivity contribution >= 4 is 11.7 Å². The van der Waals surface area contributed by atoms with Crippen LogP contribution in [0.25, 0.3) is 0 Å². The molecule has 0 fully saturated rings. The fraction of sp³-hybridized carbons (Fsp3) is 0.619. The smallest absolute Gasteiger partial charge is 0.213 e. The van der Waals surface area contributed by atoms with Gasteiger partial charge in [0.05, 0.1) is 7.11 Å². The second kappa shape index (κ2) is 9.00. The molecule has 136 valence electrons. The number of allylic oxidation sites excluding steroid dienone is 3. The van der Waals surface area contributed by atoms with Crippen LogP contribution in [-0.2, 0) is 9.53 Å². The maximum atomic E-state index is 12.8. The van der Waals surface area contributed by atoms with Gasteiger partial charge < -0.3 is 4.74 Å². The molecule has 1 rings (SSSR count). The maximum absolute atomic E-state index is 12.8. The van der Waals surface area contributed by atoms with Crippen LogP contribution in [0.5, 0.6) is 0 Å². The summed E-state index contributed by atoms with van der Waals surface area (Å²) < 4.78 is 5.14. The summed E-state index contributed by atoms with van der Waals surface area (Å²) in [6.45, 7) is 20.2. The lowest BCUT2D eigenvalue weighted by molar-refractivity contribution is -0.117. The number of rotatable bonds is 4. The Labute approximate surface area is 148 Å². The molecule has 0 aliphatic heterocycles. The molecule has 0 amide bonds. The van der Waals surface area contributed by atoms with Crippen molar-refractivity contribution in [1.29, 1.82) is 5.41 Å². The molecule has 3 heteroatoms. The van der Waals surface area contributed by atoms with Crippen LogP contribution in [0.2, 0.25) is 0 Å². The van der Waals surface area contributed by atoms with Crippen molar-refractivity contribution in [3.63, 3.8) is 0 Å². The third kappa shape index (κ3) is 5.19. The van der Waals surface area contributed by atoms with Crippen LogP contribution in [0.4, 0.5) is 0 Å². The molecule has 1 aliphatic rings. The van der Waals surface area contributed by atoms with Gasteiger partial charge in [-0.05, 0) is 42.7 Å². The van der Waals surface area contributed by atoms with Gasteiger partial charge in [-0.1, -0.05) is 53.7 Å². The van der Waals surface area contributed by atoms with Gasteiger partial charge in [0.15, 0.2) is 5.78 Å². The zero-order valence-electron chi connectivity index (χ0n) is 17.0. The Balaban J connectivity index is 0.00000254. The topological polar surface area (TPSA) is 50.1 Å². The molecule has 1 aliphatic carbocycles. The average Bonchev–Trinajstić information content (AvgIpc) is 2.45. The molecule has 0 bridgehead atoms. The summed E-state index contributed by atoms with van der Waals surface area (Å²) in [5.41, 5.74) is 4.22. The summed E-state index contributed by atoms with van der Waals surface area (Å²) in [6, 6.07) is 0. The number of nitrogens with one attached hydrogen (secondary N) is 1. The maximum Gasteiger partial charge on any atom is 0.213 e. The summed E-state index contributed by atoms with van der Waals surface area (Å²) >= 11 is 0. The molecular weight excluding hydrogens is 298 g/mol. The van der Waals surface area contributed by atoms with Gasteiger partial charge in [-0.3, -0.25) is 10.2 Å². The van der Waals surface area contributed by atoms with E-state index in [-0.39, 0.29) is 23.0 Å². The van der Waals surface area contributed by atoms with Crippen LogP contribution in [0.1, 0.15) is 68.2 Å². The molecule has 0 aromatic carbocycles. The minimum atomic E-state index is 0.00487.